The molecule has 0 saturated heterocycles. The van der Waals surface area contributed by atoms with Gasteiger partial charge in [-0.25, -0.2) is 9.79 Å². The number of hydrogen-bond donors (Lipinski definition) is 0. The van der Waals surface area contributed by atoms with Gasteiger partial charge in [-0.3, -0.25) is 0 Å². The summed E-state index contributed by atoms with van der Waals surface area (Å²) in [6, 6.07) is 5.17. The van der Waals surface area contributed by atoms with Crippen molar-refractivity contribution in [1.82, 2.24) is 0 Å². The molecule has 0 saturated carbocycles. The molecule has 1 aromatic heterocycles. The molecule has 0 spiro atoms. The minimum Gasteiger partial charge on any atom is -0.496 e. The first-order valence-corrected chi connectivity index (χ1v) is 7.86. The lowest BCUT2D eigenvalue weighted by atomic mass is 10.1. The first-order chi connectivity index (χ1) is 12.5. The zero-order valence-electron chi connectivity index (χ0n) is 15.2. The first kappa shape index (κ1) is 17.6. The largest absolute Gasteiger partial charge is 0.496 e. The van der Waals surface area contributed by atoms with Crippen molar-refractivity contribution in [2.45, 2.75) is 13.8 Å². The third-order valence-electron chi connectivity index (χ3n) is 3.92. The van der Waals surface area contributed by atoms with Gasteiger partial charge in [0.1, 0.15) is 17.3 Å². The number of aliphatic imine (C=N–C) groups is 1. The summed E-state index contributed by atoms with van der Waals surface area (Å²) in [5.41, 5.74) is 1.42. The second-order valence-corrected chi connectivity index (χ2v) is 5.61. The van der Waals surface area contributed by atoms with E-state index in [-0.39, 0.29) is 11.6 Å². The van der Waals surface area contributed by atoms with Gasteiger partial charge in [0.15, 0.2) is 17.2 Å². The van der Waals surface area contributed by atoms with Crippen molar-refractivity contribution in [3.8, 4) is 17.2 Å². The zero-order valence-corrected chi connectivity index (χ0v) is 15.2. The summed E-state index contributed by atoms with van der Waals surface area (Å²) < 4.78 is 26.7. The van der Waals surface area contributed by atoms with E-state index in [0.717, 1.165) is 5.76 Å². The van der Waals surface area contributed by atoms with Crippen molar-refractivity contribution in [3.63, 3.8) is 0 Å². The quantitative estimate of drug-likeness (QED) is 0.604. The number of nitrogens with zero attached hydrogens (tertiary/aromatic N) is 1. The summed E-state index contributed by atoms with van der Waals surface area (Å²) in [4.78, 5) is 16.5. The van der Waals surface area contributed by atoms with Gasteiger partial charge in [-0.05, 0) is 32.1 Å². The fourth-order valence-corrected chi connectivity index (χ4v) is 2.68. The van der Waals surface area contributed by atoms with E-state index in [1.807, 2.05) is 6.92 Å². The minimum absolute atomic E-state index is 0.156. The molecule has 1 aromatic carbocycles. The van der Waals surface area contributed by atoms with E-state index >= 15 is 0 Å². The average molecular weight is 357 g/mol. The smallest absolute Gasteiger partial charge is 0.363 e. The predicted octanol–water partition coefficient (Wildman–Crippen LogP) is 3.27. The Hall–Kier alpha value is -3.22. The molecule has 2 aromatic rings. The fourth-order valence-electron chi connectivity index (χ4n) is 2.68. The van der Waals surface area contributed by atoms with E-state index in [4.69, 9.17) is 23.4 Å². The molecule has 2 heterocycles. The molecule has 0 aliphatic carbocycles. The van der Waals surface area contributed by atoms with Gasteiger partial charge in [0.2, 0.25) is 5.90 Å². The molecule has 1 aliphatic heterocycles. The second-order valence-electron chi connectivity index (χ2n) is 5.61. The third kappa shape index (κ3) is 3.15. The number of ether oxygens (including phenoxy) is 4. The number of carbonyl (C=O) groups is 1. The van der Waals surface area contributed by atoms with E-state index in [9.17, 15) is 4.79 Å². The minimum atomic E-state index is -0.546. The van der Waals surface area contributed by atoms with Crippen molar-refractivity contribution < 1.29 is 28.2 Å². The van der Waals surface area contributed by atoms with Crippen LogP contribution in [0, 0.1) is 13.8 Å². The van der Waals surface area contributed by atoms with Crippen molar-refractivity contribution in [2.24, 2.45) is 4.99 Å². The fraction of sp³-hybridized carbons (Fsp3) is 0.263. The summed E-state index contributed by atoms with van der Waals surface area (Å²) >= 11 is 0. The molecule has 0 amide bonds. The number of benzene rings is 1. The van der Waals surface area contributed by atoms with Gasteiger partial charge in [-0.2, -0.15) is 0 Å². The molecule has 0 fully saturated rings. The maximum Gasteiger partial charge on any atom is 0.363 e. The maximum atomic E-state index is 12.2. The number of methoxy groups -OCH3 is 3. The summed E-state index contributed by atoms with van der Waals surface area (Å²) in [5.74, 6) is 2.58. The molecule has 0 atom stereocenters. The van der Waals surface area contributed by atoms with E-state index in [1.165, 1.54) is 21.3 Å². The molecule has 136 valence electrons. The van der Waals surface area contributed by atoms with Crippen molar-refractivity contribution >= 4 is 17.9 Å². The van der Waals surface area contributed by atoms with Gasteiger partial charge >= 0.3 is 5.97 Å². The molecule has 3 rings (SSSR count). The van der Waals surface area contributed by atoms with Crippen LogP contribution >= 0.6 is 0 Å². The van der Waals surface area contributed by atoms with E-state index in [2.05, 4.69) is 4.99 Å². The van der Waals surface area contributed by atoms with Gasteiger partial charge in [0, 0.05) is 11.6 Å². The number of cyclic esters (lactones) is 1. The van der Waals surface area contributed by atoms with Crippen LogP contribution in [0.25, 0.3) is 6.08 Å². The number of aryl methyl sites for hydroxylation is 2. The van der Waals surface area contributed by atoms with Crippen LogP contribution in [0.4, 0.5) is 0 Å². The van der Waals surface area contributed by atoms with Crippen LogP contribution in [0.15, 0.2) is 33.3 Å². The SMILES string of the molecule is COc1cc(OC)c(OC)cc1C=C1N=C(c2cc(C)oc2C)OC1=O. The molecule has 0 bridgehead atoms. The number of hydrogen-bond acceptors (Lipinski definition) is 7. The molecule has 0 unspecified atom stereocenters. The zero-order chi connectivity index (χ0) is 18.8. The Morgan fingerprint density at radius 1 is 0.962 bits per heavy atom. The molecule has 1 aliphatic rings. The van der Waals surface area contributed by atoms with Crippen molar-refractivity contribution in [2.75, 3.05) is 21.3 Å². The van der Waals surface area contributed by atoms with Crippen LogP contribution in [0.1, 0.15) is 22.6 Å². The van der Waals surface area contributed by atoms with E-state index < -0.39 is 5.97 Å². The summed E-state index contributed by atoms with van der Waals surface area (Å²) in [5, 5.41) is 0. The number of carbonyl (C=O) groups excluding carboxylic acids is 1. The average Bonchev–Trinajstić information content (AvgIpc) is 3.15. The van der Waals surface area contributed by atoms with Crippen LogP contribution in [-0.4, -0.2) is 33.2 Å². The Bertz CT molecular complexity index is 922. The molecule has 0 radical (unpaired) electrons. The van der Waals surface area contributed by atoms with E-state index in [0.29, 0.717) is 34.1 Å². The highest BCUT2D eigenvalue weighted by atomic mass is 16.6. The lowest BCUT2D eigenvalue weighted by molar-refractivity contribution is -0.129. The molecular formula is C19H19NO6. The van der Waals surface area contributed by atoms with Gasteiger partial charge in [0.05, 0.1) is 26.9 Å². The van der Waals surface area contributed by atoms with Gasteiger partial charge in [-0.1, -0.05) is 0 Å². The maximum absolute atomic E-state index is 12.2. The monoisotopic (exact) mass is 357 g/mol. The lowest BCUT2D eigenvalue weighted by Crippen LogP contribution is -2.05. The van der Waals surface area contributed by atoms with Crippen LogP contribution < -0.4 is 14.2 Å². The van der Waals surface area contributed by atoms with Gasteiger partial charge < -0.3 is 23.4 Å². The predicted molar refractivity (Wildman–Crippen MR) is 94.9 cm³/mol. The summed E-state index contributed by atoms with van der Waals surface area (Å²) in [6.07, 6.45) is 1.58. The Morgan fingerprint density at radius 2 is 1.62 bits per heavy atom. The normalized spacial score (nSPS) is 15.0. The standard InChI is InChI=1S/C19H19NO6/c1-10-6-13(11(2)25-10)18-20-14(19(21)26-18)7-12-8-16(23-4)17(24-5)9-15(12)22-3/h6-9H,1-5H3. The molecule has 7 heteroatoms. The second kappa shape index (κ2) is 6.95. The highest BCUT2D eigenvalue weighted by Crippen LogP contribution is 2.36. The van der Waals surface area contributed by atoms with Crippen LogP contribution in [-0.2, 0) is 9.53 Å². The Labute approximate surface area is 150 Å². The number of furan rings is 1. The van der Waals surface area contributed by atoms with Crippen molar-refractivity contribution in [3.05, 3.63) is 46.5 Å². The Morgan fingerprint density at radius 3 is 2.19 bits per heavy atom. The van der Waals surface area contributed by atoms with Crippen LogP contribution in [0.5, 0.6) is 17.2 Å². The number of esters is 1. The third-order valence-corrected chi connectivity index (χ3v) is 3.92. The Balaban J connectivity index is 2.04. The molecule has 0 N–H and O–H groups in total. The lowest BCUT2D eigenvalue weighted by Gasteiger charge is -2.12. The Kier molecular flexibility index (Phi) is 4.71. The molecular weight excluding hydrogens is 338 g/mol. The van der Waals surface area contributed by atoms with Gasteiger partial charge in [0.25, 0.3) is 0 Å². The topological polar surface area (TPSA) is 79.5 Å². The summed E-state index contributed by atoms with van der Waals surface area (Å²) in [7, 11) is 4.60. The highest BCUT2D eigenvalue weighted by molar-refractivity contribution is 6.13. The number of rotatable bonds is 5. The first-order valence-electron chi connectivity index (χ1n) is 7.86. The molecule has 26 heavy (non-hydrogen) atoms. The van der Waals surface area contributed by atoms with Crippen LogP contribution in [0.2, 0.25) is 0 Å². The van der Waals surface area contributed by atoms with Gasteiger partial charge in [-0.15, -0.1) is 0 Å². The van der Waals surface area contributed by atoms with E-state index in [1.54, 1.807) is 31.2 Å². The van der Waals surface area contributed by atoms with Crippen molar-refractivity contribution in [1.29, 1.82) is 0 Å². The van der Waals surface area contributed by atoms with Crippen LogP contribution in [0.3, 0.4) is 0 Å². The highest BCUT2D eigenvalue weighted by Gasteiger charge is 2.27. The molecule has 7 nitrogen and oxygen atoms in total. The summed E-state index contributed by atoms with van der Waals surface area (Å²) in [6.45, 7) is 3.61.